The van der Waals surface area contributed by atoms with E-state index in [2.05, 4.69) is 26.1 Å². The molecule has 0 amide bonds. The van der Waals surface area contributed by atoms with Crippen molar-refractivity contribution in [2.45, 2.75) is 46.3 Å². The van der Waals surface area contributed by atoms with Crippen molar-refractivity contribution >= 4 is 11.4 Å². The third-order valence-corrected chi connectivity index (χ3v) is 1.94. The zero-order valence-electron chi connectivity index (χ0n) is 10.8. The second-order valence-corrected chi connectivity index (χ2v) is 5.26. The molecule has 1 aromatic carbocycles. The summed E-state index contributed by atoms with van der Waals surface area (Å²) in [5, 5.41) is 3.36. The average molecular weight is 222 g/mol. The second kappa shape index (κ2) is 4.64. The summed E-state index contributed by atoms with van der Waals surface area (Å²) in [6.45, 7) is 10.3. The quantitative estimate of drug-likeness (QED) is 0.772. The molecule has 0 aliphatic heterocycles. The number of nitrogens with two attached hydrogens (primary N) is 1. The summed E-state index contributed by atoms with van der Waals surface area (Å²) in [6.07, 6.45) is 0.132. The fourth-order valence-corrected chi connectivity index (χ4v) is 1.41. The molecular weight excluding hydrogens is 200 g/mol. The van der Waals surface area contributed by atoms with Crippen LogP contribution < -0.4 is 15.8 Å². The Morgan fingerprint density at radius 1 is 1.25 bits per heavy atom. The zero-order chi connectivity index (χ0) is 12.3. The Bertz CT molecular complexity index is 353. The van der Waals surface area contributed by atoms with Crippen LogP contribution >= 0.6 is 0 Å². The third kappa shape index (κ3) is 3.65. The number of rotatable bonds is 3. The largest absolute Gasteiger partial charge is 0.489 e. The maximum atomic E-state index is 6.05. The van der Waals surface area contributed by atoms with Crippen molar-refractivity contribution in [1.82, 2.24) is 0 Å². The SMILES string of the molecule is CC(C)Oc1cccc(NC(C)(C)C)c1N. The molecule has 3 N–H and O–H groups in total. The molecule has 0 saturated carbocycles. The molecule has 0 aliphatic rings. The molecular formula is C13H22N2O. The smallest absolute Gasteiger partial charge is 0.144 e. The minimum absolute atomic E-state index is 0.00935. The van der Waals surface area contributed by atoms with Crippen molar-refractivity contribution in [2.24, 2.45) is 0 Å². The molecule has 0 saturated heterocycles. The van der Waals surface area contributed by atoms with Gasteiger partial charge in [0.1, 0.15) is 5.75 Å². The monoisotopic (exact) mass is 222 g/mol. The molecule has 0 atom stereocenters. The highest BCUT2D eigenvalue weighted by Gasteiger charge is 2.13. The molecule has 3 heteroatoms. The molecule has 1 rings (SSSR count). The highest BCUT2D eigenvalue weighted by atomic mass is 16.5. The van der Waals surface area contributed by atoms with Gasteiger partial charge in [-0.1, -0.05) is 6.07 Å². The highest BCUT2D eigenvalue weighted by molar-refractivity contribution is 5.73. The first kappa shape index (κ1) is 12.7. The van der Waals surface area contributed by atoms with E-state index in [1.54, 1.807) is 0 Å². The standard InChI is InChI=1S/C13H22N2O/c1-9(2)16-11-8-6-7-10(12(11)14)15-13(3,4)5/h6-9,15H,14H2,1-5H3. The number of hydrogen-bond acceptors (Lipinski definition) is 3. The van der Waals surface area contributed by atoms with E-state index in [-0.39, 0.29) is 11.6 Å². The first-order chi connectivity index (χ1) is 7.29. The number of ether oxygens (including phenoxy) is 1. The van der Waals surface area contributed by atoms with Gasteiger partial charge in [-0.2, -0.15) is 0 Å². The Hall–Kier alpha value is -1.38. The average Bonchev–Trinajstić information content (AvgIpc) is 2.09. The number of nitrogens with one attached hydrogen (secondary N) is 1. The molecule has 0 fully saturated rings. The van der Waals surface area contributed by atoms with Gasteiger partial charge in [0.25, 0.3) is 0 Å². The summed E-state index contributed by atoms with van der Waals surface area (Å²) >= 11 is 0. The molecule has 16 heavy (non-hydrogen) atoms. The molecule has 0 aliphatic carbocycles. The molecule has 0 heterocycles. The highest BCUT2D eigenvalue weighted by Crippen LogP contribution is 2.31. The fraction of sp³-hybridized carbons (Fsp3) is 0.538. The van der Waals surface area contributed by atoms with Gasteiger partial charge >= 0.3 is 0 Å². The van der Waals surface area contributed by atoms with Crippen LogP contribution in [-0.4, -0.2) is 11.6 Å². The van der Waals surface area contributed by atoms with E-state index in [0.29, 0.717) is 5.69 Å². The number of hydrogen-bond donors (Lipinski definition) is 2. The van der Waals surface area contributed by atoms with Gasteiger partial charge in [0.05, 0.1) is 17.5 Å². The minimum Gasteiger partial charge on any atom is -0.489 e. The van der Waals surface area contributed by atoms with Crippen LogP contribution in [0.4, 0.5) is 11.4 Å². The number of nitrogen functional groups attached to an aromatic ring is 1. The van der Waals surface area contributed by atoms with Crippen LogP contribution in [0.1, 0.15) is 34.6 Å². The topological polar surface area (TPSA) is 47.3 Å². The van der Waals surface area contributed by atoms with Crippen LogP contribution in [0.3, 0.4) is 0 Å². The van der Waals surface area contributed by atoms with Crippen LogP contribution in [0.15, 0.2) is 18.2 Å². The van der Waals surface area contributed by atoms with E-state index in [1.165, 1.54) is 0 Å². The Balaban J connectivity index is 2.95. The zero-order valence-corrected chi connectivity index (χ0v) is 10.8. The Kier molecular flexibility index (Phi) is 3.68. The number of benzene rings is 1. The van der Waals surface area contributed by atoms with Gasteiger partial charge in [0.15, 0.2) is 0 Å². The maximum absolute atomic E-state index is 6.05. The van der Waals surface area contributed by atoms with E-state index in [0.717, 1.165) is 11.4 Å². The predicted octanol–water partition coefficient (Wildman–Crippen LogP) is 3.27. The molecule has 0 unspecified atom stereocenters. The van der Waals surface area contributed by atoms with Crippen LogP contribution in [0.2, 0.25) is 0 Å². The van der Waals surface area contributed by atoms with E-state index in [4.69, 9.17) is 10.5 Å². The van der Waals surface area contributed by atoms with Gasteiger partial charge in [0.2, 0.25) is 0 Å². The lowest BCUT2D eigenvalue weighted by Crippen LogP contribution is -2.26. The molecule has 3 nitrogen and oxygen atoms in total. The fourth-order valence-electron chi connectivity index (χ4n) is 1.41. The maximum Gasteiger partial charge on any atom is 0.144 e. The van der Waals surface area contributed by atoms with Gasteiger partial charge in [0, 0.05) is 5.54 Å². The van der Waals surface area contributed by atoms with Crippen molar-refractivity contribution in [3.63, 3.8) is 0 Å². The molecule has 0 radical (unpaired) electrons. The van der Waals surface area contributed by atoms with Gasteiger partial charge in [-0.15, -0.1) is 0 Å². The molecule has 1 aromatic rings. The molecule has 0 bridgehead atoms. The van der Waals surface area contributed by atoms with Crippen molar-refractivity contribution in [2.75, 3.05) is 11.1 Å². The summed E-state index contributed by atoms with van der Waals surface area (Å²) in [5.74, 6) is 0.740. The summed E-state index contributed by atoms with van der Waals surface area (Å²) in [4.78, 5) is 0. The lowest BCUT2D eigenvalue weighted by molar-refractivity contribution is 0.244. The lowest BCUT2D eigenvalue weighted by atomic mass is 10.1. The van der Waals surface area contributed by atoms with Gasteiger partial charge in [-0.3, -0.25) is 0 Å². The molecule has 90 valence electrons. The summed E-state index contributed by atoms with van der Waals surface area (Å²) in [7, 11) is 0. The van der Waals surface area contributed by atoms with Crippen LogP contribution in [-0.2, 0) is 0 Å². The summed E-state index contributed by atoms with van der Waals surface area (Å²) < 4.78 is 5.64. The number of para-hydroxylation sites is 1. The number of anilines is 2. The second-order valence-electron chi connectivity index (χ2n) is 5.26. The van der Waals surface area contributed by atoms with Gasteiger partial charge in [-0.25, -0.2) is 0 Å². The lowest BCUT2D eigenvalue weighted by Gasteiger charge is -2.24. The van der Waals surface area contributed by atoms with Crippen LogP contribution in [0.5, 0.6) is 5.75 Å². The van der Waals surface area contributed by atoms with Crippen LogP contribution in [0, 0.1) is 0 Å². The Morgan fingerprint density at radius 2 is 1.88 bits per heavy atom. The van der Waals surface area contributed by atoms with E-state index < -0.39 is 0 Å². The predicted molar refractivity (Wildman–Crippen MR) is 70.0 cm³/mol. The molecule has 0 spiro atoms. The molecule has 0 aromatic heterocycles. The summed E-state index contributed by atoms with van der Waals surface area (Å²) in [6, 6.07) is 5.80. The summed E-state index contributed by atoms with van der Waals surface area (Å²) in [5.41, 5.74) is 7.64. The van der Waals surface area contributed by atoms with E-state index in [9.17, 15) is 0 Å². The first-order valence-electron chi connectivity index (χ1n) is 5.63. The van der Waals surface area contributed by atoms with Crippen molar-refractivity contribution < 1.29 is 4.74 Å². The van der Waals surface area contributed by atoms with Crippen molar-refractivity contribution in [3.05, 3.63) is 18.2 Å². The Morgan fingerprint density at radius 3 is 2.38 bits per heavy atom. The Labute approximate surface area is 98.0 Å². The van der Waals surface area contributed by atoms with Crippen molar-refractivity contribution in [3.8, 4) is 5.75 Å². The van der Waals surface area contributed by atoms with Crippen LogP contribution in [0.25, 0.3) is 0 Å². The van der Waals surface area contributed by atoms with Gasteiger partial charge < -0.3 is 15.8 Å². The third-order valence-electron chi connectivity index (χ3n) is 1.94. The first-order valence-corrected chi connectivity index (χ1v) is 5.63. The van der Waals surface area contributed by atoms with E-state index in [1.807, 2.05) is 32.0 Å². The minimum atomic E-state index is -0.00935. The van der Waals surface area contributed by atoms with Crippen molar-refractivity contribution in [1.29, 1.82) is 0 Å². The van der Waals surface area contributed by atoms with Gasteiger partial charge in [-0.05, 0) is 46.8 Å². The van der Waals surface area contributed by atoms with E-state index >= 15 is 0 Å². The normalized spacial score (nSPS) is 11.6.